The molecule has 3 heteroatoms. The molecule has 0 atom stereocenters. The van der Waals surface area contributed by atoms with Gasteiger partial charge >= 0.3 is 0 Å². The fourth-order valence-electron chi connectivity index (χ4n) is 5.05. The number of hydrogen-bond acceptors (Lipinski definition) is 3. The van der Waals surface area contributed by atoms with Crippen LogP contribution in [0, 0.1) is 16.7 Å². The maximum absolute atomic E-state index is 13.1. The van der Waals surface area contributed by atoms with Gasteiger partial charge in [-0.1, -0.05) is 58.0 Å². The van der Waals surface area contributed by atoms with Gasteiger partial charge in [0, 0.05) is 42.7 Å². The van der Waals surface area contributed by atoms with E-state index in [0.29, 0.717) is 12.8 Å². The van der Waals surface area contributed by atoms with E-state index in [1.165, 1.54) is 5.56 Å². The highest BCUT2D eigenvalue weighted by molar-refractivity contribution is 6.04. The molecule has 0 saturated carbocycles. The van der Waals surface area contributed by atoms with E-state index in [2.05, 4.69) is 39.8 Å². The second kappa shape index (κ2) is 6.72. The predicted molar refractivity (Wildman–Crippen MR) is 109 cm³/mol. The van der Waals surface area contributed by atoms with Crippen molar-refractivity contribution in [1.29, 1.82) is 0 Å². The maximum Gasteiger partial charge on any atom is 0.163 e. The predicted octanol–water partition coefficient (Wildman–Crippen LogP) is 5.55. The van der Waals surface area contributed by atoms with E-state index in [0.717, 1.165) is 48.3 Å². The van der Waals surface area contributed by atoms with Crippen LogP contribution in [0.1, 0.15) is 65.4 Å². The Morgan fingerprint density at radius 2 is 1.32 bits per heavy atom. The van der Waals surface area contributed by atoms with E-state index >= 15 is 0 Å². The molecule has 148 valence electrons. The summed E-state index contributed by atoms with van der Waals surface area (Å²) in [5, 5.41) is 0. The van der Waals surface area contributed by atoms with Crippen molar-refractivity contribution in [1.82, 2.24) is 0 Å². The van der Waals surface area contributed by atoms with Crippen LogP contribution in [-0.4, -0.2) is 11.6 Å². The van der Waals surface area contributed by atoms with Crippen LogP contribution in [0.2, 0.25) is 0 Å². The number of ether oxygens (including phenoxy) is 1. The summed E-state index contributed by atoms with van der Waals surface area (Å²) < 4.78 is 6.31. The molecule has 3 nitrogen and oxygen atoms in total. The average Bonchev–Trinajstić information content (AvgIpc) is 2.57. The highest BCUT2D eigenvalue weighted by atomic mass is 16.5. The molecule has 0 N–H and O–H groups in total. The van der Waals surface area contributed by atoms with Gasteiger partial charge < -0.3 is 4.74 Å². The molecule has 0 bridgehead atoms. The largest absolute Gasteiger partial charge is 0.465 e. The zero-order valence-electron chi connectivity index (χ0n) is 17.4. The molecule has 2 aliphatic carbocycles. The zero-order chi connectivity index (χ0) is 20.1. The van der Waals surface area contributed by atoms with Crippen molar-refractivity contribution in [3.63, 3.8) is 0 Å². The quantitative estimate of drug-likeness (QED) is 0.692. The van der Waals surface area contributed by atoms with Gasteiger partial charge in [-0.2, -0.15) is 0 Å². The summed E-state index contributed by atoms with van der Waals surface area (Å²) in [6.45, 7) is 8.49. The Hall–Kier alpha value is -2.16. The third-order valence-corrected chi connectivity index (χ3v) is 6.27. The van der Waals surface area contributed by atoms with Crippen molar-refractivity contribution in [3.8, 4) is 0 Å². The first-order valence-electron chi connectivity index (χ1n) is 10.4. The van der Waals surface area contributed by atoms with Crippen molar-refractivity contribution in [2.24, 2.45) is 16.7 Å². The normalized spacial score (nSPS) is 24.0. The second-order valence-electron chi connectivity index (χ2n) is 10.2. The highest BCUT2D eigenvalue weighted by Crippen LogP contribution is 2.51. The number of carbonyl (C=O) groups is 2. The summed E-state index contributed by atoms with van der Waals surface area (Å²) in [7, 11) is 0. The van der Waals surface area contributed by atoms with Gasteiger partial charge in [0.1, 0.15) is 11.5 Å². The SMILES string of the molecule is CC1(C)CC(=O)C2=C(C1)OC1=C(C(=O)CC(C)(C)C1)C2CCc1ccccc1. The van der Waals surface area contributed by atoms with E-state index < -0.39 is 0 Å². The van der Waals surface area contributed by atoms with E-state index in [9.17, 15) is 9.59 Å². The van der Waals surface area contributed by atoms with Gasteiger partial charge in [0.05, 0.1) is 0 Å². The lowest BCUT2D eigenvalue weighted by Gasteiger charge is -2.42. The van der Waals surface area contributed by atoms with Gasteiger partial charge in [-0.05, 0) is 29.2 Å². The minimum atomic E-state index is -0.119. The minimum absolute atomic E-state index is 0.0911. The van der Waals surface area contributed by atoms with Gasteiger partial charge in [-0.25, -0.2) is 0 Å². The smallest absolute Gasteiger partial charge is 0.163 e. The van der Waals surface area contributed by atoms with Crippen LogP contribution in [-0.2, 0) is 20.7 Å². The second-order valence-corrected chi connectivity index (χ2v) is 10.2. The third kappa shape index (κ3) is 3.59. The van der Waals surface area contributed by atoms with Gasteiger partial charge in [0.15, 0.2) is 11.6 Å². The molecule has 0 saturated heterocycles. The summed E-state index contributed by atoms with van der Waals surface area (Å²) in [5.74, 6) is 1.85. The molecule has 1 heterocycles. The standard InChI is InChI=1S/C25H30O3/c1-24(2)12-18(26)22-17(11-10-16-8-6-5-7-9-16)23-19(27)13-25(3,4)15-21(23)28-20(22)14-24/h5-9,17H,10-15H2,1-4H3. The summed E-state index contributed by atoms with van der Waals surface area (Å²) in [5.41, 5.74) is 2.62. The Labute approximate surface area is 167 Å². The maximum atomic E-state index is 13.1. The number of benzene rings is 1. The van der Waals surface area contributed by atoms with Gasteiger partial charge in [-0.15, -0.1) is 0 Å². The zero-order valence-corrected chi connectivity index (χ0v) is 17.4. The molecule has 1 aromatic rings. The summed E-state index contributed by atoms with van der Waals surface area (Å²) in [4.78, 5) is 26.2. The van der Waals surface area contributed by atoms with Crippen molar-refractivity contribution in [2.45, 2.75) is 66.2 Å². The van der Waals surface area contributed by atoms with Crippen LogP contribution < -0.4 is 0 Å². The first kappa shape index (κ1) is 19.2. The number of ketones is 2. The van der Waals surface area contributed by atoms with E-state index in [1.807, 2.05) is 18.2 Å². The van der Waals surface area contributed by atoms with Crippen LogP contribution in [0.25, 0.3) is 0 Å². The number of carbonyl (C=O) groups excluding carboxylic acids is 2. The van der Waals surface area contributed by atoms with Crippen LogP contribution in [0.4, 0.5) is 0 Å². The molecule has 0 unspecified atom stereocenters. The molecule has 0 amide bonds. The number of hydrogen-bond donors (Lipinski definition) is 0. The van der Waals surface area contributed by atoms with Crippen LogP contribution in [0.15, 0.2) is 53.0 Å². The molecule has 3 aliphatic rings. The lowest BCUT2D eigenvalue weighted by molar-refractivity contribution is -0.120. The molecular formula is C25H30O3. The van der Waals surface area contributed by atoms with Crippen molar-refractivity contribution in [3.05, 3.63) is 58.6 Å². The van der Waals surface area contributed by atoms with Crippen molar-refractivity contribution >= 4 is 11.6 Å². The molecule has 28 heavy (non-hydrogen) atoms. The van der Waals surface area contributed by atoms with Crippen LogP contribution in [0.5, 0.6) is 0 Å². The molecule has 0 aromatic heterocycles. The topological polar surface area (TPSA) is 43.4 Å². The lowest BCUT2D eigenvalue weighted by atomic mass is 9.66. The molecule has 0 spiro atoms. The number of Topliss-reactive ketones (excluding diaryl/α,β-unsaturated/α-hetero) is 2. The average molecular weight is 379 g/mol. The number of rotatable bonds is 3. The van der Waals surface area contributed by atoms with Gasteiger partial charge in [0.2, 0.25) is 0 Å². The molecule has 0 radical (unpaired) electrons. The Kier molecular flexibility index (Phi) is 4.60. The van der Waals surface area contributed by atoms with Crippen molar-refractivity contribution in [2.75, 3.05) is 0 Å². The molecular weight excluding hydrogens is 348 g/mol. The monoisotopic (exact) mass is 378 g/mol. The van der Waals surface area contributed by atoms with Gasteiger partial charge in [-0.3, -0.25) is 9.59 Å². The first-order valence-corrected chi connectivity index (χ1v) is 10.4. The van der Waals surface area contributed by atoms with Crippen molar-refractivity contribution < 1.29 is 14.3 Å². The minimum Gasteiger partial charge on any atom is -0.465 e. The first-order chi connectivity index (χ1) is 13.2. The number of allylic oxidation sites excluding steroid dienone is 4. The van der Waals surface area contributed by atoms with Crippen LogP contribution >= 0.6 is 0 Å². The fraction of sp³-hybridized carbons (Fsp3) is 0.520. The van der Waals surface area contributed by atoms with Gasteiger partial charge in [0.25, 0.3) is 0 Å². The van der Waals surface area contributed by atoms with Crippen LogP contribution in [0.3, 0.4) is 0 Å². The highest BCUT2D eigenvalue weighted by Gasteiger charge is 2.46. The number of aryl methyl sites for hydroxylation is 1. The Morgan fingerprint density at radius 3 is 1.82 bits per heavy atom. The summed E-state index contributed by atoms with van der Waals surface area (Å²) in [6, 6.07) is 10.3. The molecule has 0 fully saturated rings. The molecule has 4 rings (SSSR count). The fourth-order valence-corrected chi connectivity index (χ4v) is 5.05. The lowest BCUT2D eigenvalue weighted by Crippen LogP contribution is -2.38. The summed E-state index contributed by atoms with van der Waals surface area (Å²) >= 11 is 0. The van der Waals surface area contributed by atoms with E-state index in [-0.39, 0.29) is 28.3 Å². The van der Waals surface area contributed by atoms with E-state index in [4.69, 9.17) is 4.74 Å². The molecule has 1 aromatic carbocycles. The Bertz CT molecular complexity index is 832. The Morgan fingerprint density at radius 1 is 0.821 bits per heavy atom. The third-order valence-electron chi connectivity index (χ3n) is 6.27. The summed E-state index contributed by atoms with van der Waals surface area (Å²) in [6.07, 6.45) is 4.22. The van der Waals surface area contributed by atoms with E-state index in [1.54, 1.807) is 0 Å². The Balaban J connectivity index is 1.73. The molecule has 1 aliphatic heterocycles.